The zero-order valence-corrected chi connectivity index (χ0v) is 21.6. The highest BCUT2D eigenvalue weighted by molar-refractivity contribution is 9.10. The Labute approximate surface area is 217 Å². The Morgan fingerprint density at radius 1 is 1.19 bits per heavy atom. The zero-order chi connectivity index (χ0) is 26.2. The minimum Gasteiger partial charge on any atom is -0.508 e. The topological polar surface area (TPSA) is 149 Å². The van der Waals surface area contributed by atoms with E-state index in [0.29, 0.717) is 18.2 Å². The number of aromatic hydroxyl groups is 1. The van der Waals surface area contributed by atoms with Crippen molar-refractivity contribution in [1.29, 1.82) is 0 Å². The van der Waals surface area contributed by atoms with Crippen LogP contribution in [0.3, 0.4) is 0 Å². The minimum atomic E-state index is -0.571. The number of rotatable bonds is 9. The molecule has 0 saturated carbocycles. The van der Waals surface area contributed by atoms with Gasteiger partial charge in [-0.15, -0.1) is 0 Å². The molecule has 0 radical (unpaired) electrons. The molecule has 0 bridgehead atoms. The number of ketones is 1. The van der Waals surface area contributed by atoms with E-state index in [9.17, 15) is 24.6 Å². The second-order valence-electron chi connectivity index (χ2n) is 8.58. The van der Waals surface area contributed by atoms with Crippen molar-refractivity contribution in [2.75, 3.05) is 32.1 Å². The van der Waals surface area contributed by atoms with Crippen LogP contribution < -0.4 is 16.0 Å². The summed E-state index contributed by atoms with van der Waals surface area (Å²) in [6, 6.07) is 9.93. The first kappa shape index (κ1) is 27.2. The van der Waals surface area contributed by atoms with Gasteiger partial charge >= 0.3 is 5.97 Å². The molecule has 0 fully saturated rings. The number of hydrogen-bond acceptors (Lipinski definition) is 9. The van der Waals surface area contributed by atoms with Gasteiger partial charge < -0.3 is 30.9 Å². The van der Waals surface area contributed by atoms with Gasteiger partial charge in [0, 0.05) is 40.7 Å². The molecule has 11 heteroatoms. The molecule has 2 atom stereocenters. The van der Waals surface area contributed by atoms with Gasteiger partial charge in [-0.25, -0.2) is 0 Å². The number of halogens is 1. The highest BCUT2D eigenvalue weighted by Crippen LogP contribution is 2.28. The first-order valence-corrected chi connectivity index (χ1v) is 12.1. The molecule has 0 aromatic heterocycles. The second kappa shape index (κ2) is 12.5. The number of aryl methyl sites for hydroxylation is 1. The molecule has 1 heterocycles. The Morgan fingerprint density at radius 3 is 2.64 bits per heavy atom. The molecular formula is C25H29BrN4O6. The Balaban J connectivity index is 1.64. The van der Waals surface area contributed by atoms with Crippen LogP contribution in [0, 0.1) is 6.92 Å². The average Bonchev–Trinajstić information content (AvgIpc) is 2.82. The molecule has 1 aliphatic rings. The number of phenolic OH excluding ortho intramolecular Hbond substituents is 1. The largest absolute Gasteiger partial charge is 0.508 e. The van der Waals surface area contributed by atoms with Gasteiger partial charge in [0.2, 0.25) is 0 Å². The number of Topliss-reactive ketones (excluding diaryl/α,β-unsaturated/α-hetero) is 1. The molecule has 192 valence electrons. The SMILES string of the molecule is COC(=O)C[C@H](CC(=O)CNC(=O)c1cc(O)cc(NC2=NCC(O)CN2)c1)c1cc(C)cc(Br)c1. The highest BCUT2D eigenvalue weighted by atomic mass is 79.9. The molecule has 10 nitrogen and oxygen atoms in total. The van der Waals surface area contributed by atoms with E-state index in [4.69, 9.17) is 4.74 Å². The molecule has 0 saturated heterocycles. The van der Waals surface area contributed by atoms with E-state index in [1.54, 1.807) is 0 Å². The number of β-amino-alcohol motifs (C(OH)–C–C–N with tert-alkyl or cyclic N) is 1. The van der Waals surface area contributed by atoms with Crippen molar-refractivity contribution in [2.45, 2.75) is 31.8 Å². The summed E-state index contributed by atoms with van der Waals surface area (Å²) < 4.78 is 5.64. The Kier molecular flexibility index (Phi) is 9.43. The lowest BCUT2D eigenvalue weighted by Crippen LogP contribution is -2.42. The van der Waals surface area contributed by atoms with Crippen LogP contribution in [-0.2, 0) is 14.3 Å². The van der Waals surface area contributed by atoms with E-state index in [0.717, 1.165) is 15.6 Å². The van der Waals surface area contributed by atoms with E-state index < -0.39 is 23.9 Å². The molecule has 0 aliphatic carbocycles. The lowest BCUT2D eigenvalue weighted by molar-refractivity contribution is -0.141. The molecule has 0 spiro atoms. The Morgan fingerprint density at radius 2 is 1.97 bits per heavy atom. The van der Waals surface area contributed by atoms with Crippen LogP contribution in [0.5, 0.6) is 5.75 Å². The molecular weight excluding hydrogens is 532 g/mol. The molecule has 1 aliphatic heterocycles. The van der Waals surface area contributed by atoms with Gasteiger partial charge in [0.1, 0.15) is 5.75 Å². The number of benzene rings is 2. The van der Waals surface area contributed by atoms with E-state index in [-0.39, 0.29) is 43.0 Å². The number of nitrogens with one attached hydrogen (secondary N) is 3. The van der Waals surface area contributed by atoms with E-state index in [2.05, 4.69) is 36.9 Å². The number of ether oxygens (including phenoxy) is 1. The number of aliphatic imine (C=N–C) groups is 1. The van der Waals surface area contributed by atoms with Gasteiger partial charge in [-0.3, -0.25) is 19.4 Å². The van der Waals surface area contributed by atoms with Crippen molar-refractivity contribution in [3.8, 4) is 5.75 Å². The van der Waals surface area contributed by atoms with Crippen LogP contribution in [0.4, 0.5) is 5.69 Å². The number of anilines is 1. The number of phenols is 1. The van der Waals surface area contributed by atoms with E-state index in [1.807, 2.05) is 25.1 Å². The number of aliphatic hydroxyl groups is 1. The molecule has 3 rings (SSSR count). The third kappa shape index (κ3) is 8.06. The standard InChI is InChI=1S/C25H29BrN4O6/c1-14-3-15(5-18(26)4-14)16(9-23(34)36-2)7-21(32)11-27-24(35)17-6-19(10-20(31)8-17)30-25-28-12-22(33)13-29-25/h3-6,8,10,16,22,31,33H,7,9,11-13H2,1-2H3,(H,27,35)(H2,28,29,30)/t16-/m0/s1. The fraction of sp³-hybridized carbons (Fsp3) is 0.360. The number of carbonyl (C=O) groups is 3. The summed E-state index contributed by atoms with van der Waals surface area (Å²) >= 11 is 3.45. The van der Waals surface area contributed by atoms with Gasteiger partial charge in [-0.1, -0.05) is 22.0 Å². The van der Waals surface area contributed by atoms with Crippen molar-refractivity contribution in [1.82, 2.24) is 10.6 Å². The second-order valence-corrected chi connectivity index (χ2v) is 9.50. The van der Waals surface area contributed by atoms with Crippen molar-refractivity contribution >= 4 is 45.2 Å². The van der Waals surface area contributed by atoms with Crippen molar-refractivity contribution in [3.63, 3.8) is 0 Å². The number of methoxy groups -OCH3 is 1. The number of carbonyl (C=O) groups excluding carboxylic acids is 3. The van der Waals surface area contributed by atoms with Gasteiger partial charge in [-0.05, 0) is 42.3 Å². The lowest BCUT2D eigenvalue weighted by Gasteiger charge is -2.20. The zero-order valence-electron chi connectivity index (χ0n) is 20.0. The first-order valence-electron chi connectivity index (χ1n) is 11.3. The predicted octanol–water partition coefficient (Wildman–Crippen LogP) is 2.23. The summed E-state index contributed by atoms with van der Waals surface area (Å²) in [5, 5.41) is 28.0. The summed E-state index contributed by atoms with van der Waals surface area (Å²) in [5.41, 5.74) is 2.36. The number of hydrogen-bond donors (Lipinski definition) is 5. The quantitative estimate of drug-likeness (QED) is 0.293. The molecule has 1 amide bonds. The van der Waals surface area contributed by atoms with Gasteiger partial charge in [-0.2, -0.15) is 0 Å². The maximum absolute atomic E-state index is 12.7. The van der Waals surface area contributed by atoms with E-state index in [1.165, 1.54) is 25.3 Å². The third-order valence-corrected chi connectivity index (χ3v) is 5.96. The fourth-order valence-electron chi connectivity index (χ4n) is 3.79. The Bertz CT molecular complexity index is 1150. The van der Waals surface area contributed by atoms with Crippen molar-refractivity contribution in [3.05, 3.63) is 57.6 Å². The summed E-state index contributed by atoms with van der Waals surface area (Å²) in [7, 11) is 1.30. The van der Waals surface area contributed by atoms with Crippen LogP contribution in [0.1, 0.15) is 40.2 Å². The Hall–Kier alpha value is -3.44. The van der Waals surface area contributed by atoms with Gasteiger partial charge in [0.25, 0.3) is 5.91 Å². The number of esters is 1. The molecule has 36 heavy (non-hydrogen) atoms. The number of amides is 1. The molecule has 1 unspecified atom stereocenters. The number of aliphatic hydroxyl groups excluding tert-OH is 1. The highest BCUT2D eigenvalue weighted by Gasteiger charge is 2.22. The monoisotopic (exact) mass is 560 g/mol. The average molecular weight is 561 g/mol. The van der Waals surface area contributed by atoms with Crippen LogP contribution in [0.2, 0.25) is 0 Å². The smallest absolute Gasteiger partial charge is 0.306 e. The van der Waals surface area contributed by atoms with Crippen LogP contribution in [-0.4, -0.2) is 66.7 Å². The number of guanidine groups is 1. The predicted molar refractivity (Wildman–Crippen MR) is 138 cm³/mol. The summed E-state index contributed by atoms with van der Waals surface area (Å²) in [6.07, 6.45) is -0.504. The summed E-state index contributed by atoms with van der Waals surface area (Å²) in [4.78, 5) is 41.5. The van der Waals surface area contributed by atoms with Gasteiger partial charge in [0.15, 0.2) is 11.7 Å². The molecule has 5 N–H and O–H groups in total. The van der Waals surface area contributed by atoms with Crippen LogP contribution >= 0.6 is 15.9 Å². The van der Waals surface area contributed by atoms with Crippen molar-refractivity contribution in [2.24, 2.45) is 4.99 Å². The van der Waals surface area contributed by atoms with Crippen molar-refractivity contribution < 1.29 is 29.3 Å². The molecule has 2 aromatic carbocycles. The third-order valence-electron chi connectivity index (χ3n) is 5.50. The maximum atomic E-state index is 12.7. The first-order chi connectivity index (χ1) is 17.1. The van der Waals surface area contributed by atoms with Crippen LogP contribution in [0.25, 0.3) is 0 Å². The summed E-state index contributed by atoms with van der Waals surface area (Å²) in [6.45, 7) is 2.24. The normalized spacial score (nSPS) is 15.8. The number of nitrogens with zero attached hydrogens (tertiary/aromatic N) is 1. The summed E-state index contributed by atoms with van der Waals surface area (Å²) in [5.74, 6) is -1.37. The molecule has 2 aromatic rings. The van der Waals surface area contributed by atoms with Gasteiger partial charge in [0.05, 0.1) is 32.7 Å². The lowest BCUT2D eigenvalue weighted by atomic mass is 9.90. The maximum Gasteiger partial charge on any atom is 0.306 e. The van der Waals surface area contributed by atoms with Crippen LogP contribution in [0.15, 0.2) is 45.9 Å². The fourth-order valence-corrected chi connectivity index (χ4v) is 4.41. The van der Waals surface area contributed by atoms with E-state index >= 15 is 0 Å². The minimum absolute atomic E-state index is 0.0304.